The molecule has 0 unspecified atom stereocenters. The first kappa shape index (κ1) is 12.7. The molecule has 0 radical (unpaired) electrons. The van der Waals surface area contributed by atoms with Gasteiger partial charge in [-0.2, -0.15) is 0 Å². The third-order valence-electron chi connectivity index (χ3n) is 2.98. The van der Waals surface area contributed by atoms with Crippen molar-refractivity contribution in [3.63, 3.8) is 0 Å². The summed E-state index contributed by atoms with van der Waals surface area (Å²) in [6.45, 7) is 2.78. The molecule has 0 aromatic heterocycles. The summed E-state index contributed by atoms with van der Waals surface area (Å²) in [7, 11) is 0. The summed E-state index contributed by atoms with van der Waals surface area (Å²) < 4.78 is 5.40. The molecule has 2 N–H and O–H groups in total. The van der Waals surface area contributed by atoms with E-state index in [-0.39, 0.29) is 6.10 Å². The summed E-state index contributed by atoms with van der Waals surface area (Å²) in [6.07, 6.45) is 2.02. The molecule has 0 aromatic rings. The fraction of sp³-hybridized carbons (Fsp3) is 0.636. The molecule has 0 bridgehead atoms. The Labute approximate surface area is 104 Å². The number of rotatable bonds is 3. The average Bonchev–Trinajstić information content (AvgIpc) is 2.77. The zero-order valence-corrected chi connectivity index (χ0v) is 10.1. The third-order valence-corrected chi connectivity index (χ3v) is 2.98. The maximum absolute atomic E-state index is 11.5. The second-order valence-corrected chi connectivity index (χ2v) is 4.36. The van der Waals surface area contributed by atoms with Crippen molar-refractivity contribution in [3.8, 4) is 0 Å². The lowest BCUT2D eigenvalue weighted by Gasteiger charge is -2.20. The van der Waals surface area contributed by atoms with Crippen LogP contribution in [0.25, 0.3) is 0 Å². The van der Waals surface area contributed by atoms with E-state index in [1.165, 1.54) is 0 Å². The topological polar surface area (TPSA) is 96.9 Å². The largest absolute Gasteiger partial charge is 0.376 e. The average molecular weight is 253 g/mol. The van der Waals surface area contributed by atoms with Gasteiger partial charge in [0.15, 0.2) is 5.92 Å². The molecule has 98 valence electrons. The van der Waals surface area contributed by atoms with Crippen LogP contribution < -0.4 is 10.6 Å². The number of aliphatic imine (C=N–C) groups is 1. The SMILES string of the molecule is CC(=NC[C@@H]1CCCO1)C1C(=O)NC(=O)NC1=O. The highest BCUT2D eigenvalue weighted by Gasteiger charge is 2.36. The van der Waals surface area contributed by atoms with E-state index in [1.54, 1.807) is 6.92 Å². The molecule has 2 aliphatic heterocycles. The van der Waals surface area contributed by atoms with Crippen LogP contribution in [0.5, 0.6) is 0 Å². The van der Waals surface area contributed by atoms with Gasteiger partial charge in [0.25, 0.3) is 0 Å². The van der Waals surface area contributed by atoms with Crippen LogP contribution in [0.15, 0.2) is 4.99 Å². The first-order valence-corrected chi connectivity index (χ1v) is 5.86. The van der Waals surface area contributed by atoms with Crippen LogP contribution in [-0.2, 0) is 14.3 Å². The van der Waals surface area contributed by atoms with E-state index in [0.717, 1.165) is 19.4 Å². The molecule has 0 aliphatic carbocycles. The van der Waals surface area contributed by atoms with Crippen molar-refractivity contribution in [2.45, 2.75) is 25.9 Å². The van der Waals surface area contributed by atoms with Crippen LogP contribution in [0.4, 0.5) is 4.79 Å². The van der Waals surface area contributed by atoms with Crippen LogP contribution in [0.2, 0.25) is 0 Å². The highest BCUT2D eigenvalue weighted by molar-refractivity contribution is 6.27. The molecule has 2 fully saturated rings. The number of amides is 4. The Morgan fingerprint density at radius 1 is 1.33 bits per heavy atom. The maximum atomic E-state index is 11.5. The van der Waals surface area contributed by atoms with Crippen molar-refractivity contribution in [1.82, 2.24) is 10.6 Å². The van der Waals surface area contributed by atoms with E-state index in [2.05, 4.69) is 4.99 Å². The van der Waals surface area contributed by atoms with Gasteiger partial charge in [-0.3, -0.25) is 25.2 Å². The Balaban J connectivity index is 2.00. The van der Waals surface area contributed by atoms with Gasteiger partial charge in [0.1, 0.15) is 0 Å². The summed E-state index contributed by atoms with van der Waals surface area (Å²) >= 11 is 0. The zero-order chi connectivity index (χ0) is 13.1. The van der Waals surface area contributed by atoms with Gasteiger partial charge in [-0.15, -0.1) is 0 Å². The first-order valence-electron chi connectivity index (χ1n) is 5.86. The highest BCUT2D eigenvalue weighted by atomic mass is 16.5. The van der Waals surface area contributed by atoms with Crippen molar-refractivity contribution in [2.75, 3.05) is 13.2 Å². The molecule has 7 heteroatoms. The molecular formula is C11H15N3O4. The van der Waals surface area contributed by atoms with E-state index in [4.69, 9.17) is 4.74 Å². The van der Waals surface area contributed by atoms with Crippen LogP contribution >= 0.6 is 0 Å². The predicted molar refractivity (Wildman–Crippen MR) is 62.1 cm³/mol. The summed E-state index contributed by atoms with van der Waals surface area (Å²) in [5.41, 5.74) is 0.396. The molecule has 0 aromatic carbocycles. The van der Waals surface area contributed by atoms with Crippen molar-refractivity contribution in [2.24, 2.45) is 10.9 Å². The lowest BCUT2D eigenvalue weighted by atomic mass is 10.0. The first-order chi connectivity index (χ1) is 8.58. The lowest BCUT2D eigenvalue weighted by molar-refractivity contribution is -0.132. The Kier molecular flexibility index (Phi) is 3.71. The van der Waals surface area contributed by atoms with E-state index in [9.17, 15) is 14.4 Å². The van der Waals surface area contributed by atoms with Gasteiger partial charge in [-0.25, -0.2) is 4.79 Å². The minimum absolute atomic E-state index is 0.0660. The molecule has 2 saturated heterocycles. The molecule has 4 amide bonds. The molecule has 7 nitrogen and oxygen atoms in total. The molecule has 18 heavy (non-hydrogen) atoms. The van der Waals surface area contributed by atoms with Gasteiger partial charge < -0.3 is 4.74 Å². The maximum Gasteiger partial charge on any atom is 0.328 e. The third kappa shape index (κ3) is 2.73. The monoisotopic (exact) mass is 253 g/mol. The smallest absolute Gasteiger partial charge is 0.328 e. The zero-order valence-electron chi connectivity index (χ0n) is 10.1. The second kappa shape index (κ2) is 5.26. The van der Waals surface area contributed by atoms with Gasteiger partial charge in [0.05, 0.1) is 12.6 Å². The summed E-state index contributed by atoms with van der Waals surface area (Å²) in [5.74, 6) is -2.28. The van der Waals surface area contributed by atoms with E-state index in [1.807, 2.05) is 10.6 Å². The van der Waals surface area contributed by atoms with Crippen molar-refractivity contribution >= 4 is 23.6 Å². The van der Waals surface area contributed by atoms with Crippen molar-refractivity contribution < 1.29 is 19.1 Å². The fourth-order valence-electron chi connectivity index (χ4n) is 2.02. The predicted octanol–water partition coefficient (Wildman–Crippen LogP) is -0.392. The van der Waals surface area contributed by atoms with Crippen molar-refractivity contribution in [3.05, 3.63) is 0 Å². The minimum atomic E-state index is -1.02. The number of hydrogen-bond acceptors (Lipinski definition) is 5. The number of nitrogens with zero attached hydrogens (tertiary/aromatic N) is 1. The minimum Gasteiger partial charge on any atom is -0.376 e. The molecule has 0 spiro atoms. The van der Waals surface area contributed by atoms with E-state index in [0.29, 0.717) is 12.3 Å². The Hall–Kier alpha value is -1.76. The molecule has 2 heterocycles. The number of nitrogens with one attached hydrogen (secondary N) is 2. The normalized spacial score (nSPS) is 26.2. The number of carbonyl (C=O) groups excluding carboxylic acids is 3. The number of imide groups is 2. The van der Waals surface area contributed by atoms with Crippen LogP contribution in [0.1, 0.15) is 19.8 Å². The van der Waals surface area contributed by atoms with Gasteiger partial charge in [0, 0.05) is 12.3 Å². The summed E-state index contributed by atoms with van der Waals surface area (Å²) in [4.78, 5) is 38.2. The van der Waals surface area contributed by atoms with Gasteiger partial charge in [-0.05, 0) is 19.8 Å². The van der Waals surface area contributed by atoms with Gasteiger partial charge in [-0.1, -0.05) is 0 Å². The highest BCUT2D eigenvalue weighted by Crippen LogP contribution is 2.13. The van der Waals surface area contributed by atoms with E-state index >= 15 is 0 Å². The fourth-order valence-corrected chi connectivity index (χ4v) is 2.02. The number of carbonyl (C=O) groups is 3. The lowest BCUT2D eigenvalue weighted by Crippen LogP contribution is -2.57. The molecule has 2 rings (SSSR count). The Morgan fingerprint density at radius 3 is 2.56 bits per heavy atom. The number of hydrogen-bond donors (Lipinski definition) is 2. The second-order valence-electron chi connectivity index (χ2n) is 4.36. The molecular weight excluding hydrogens is 238 g/mol. The Bertz CT molecular complexity index is 393. The molecule has 1 atom stereocenters. The number of ether oxygens (including phenoxy) is 1. The molecule has 0 saturated carbocycles. The molecule has 2 aliphatic rings. The van der Waals surface area contributed by atoms with Gasteiger partial charge >= 0.3 is 6.03 Å². The standard InChI is InChI=1S/C11H15N3O4/c1-6(12-5-7-3-2-4-18-7)8-9(15)13-11(17)14-10(8)16/h7-8H,2-5H2,1H3,(H2,13,14,15,16,17)/t7-/m0/s1. The number of urea groups is 1. The van der Waals surface area contributed by atoms with E-state index < -0.39 is 23.8 Å². The summed E-state index contributed by atoms with van der Waals surface area (Å²) in [5, 5.41) is 4.09. The Morgan fingerprint density at radius 2 is 2.00 bits per heavy atom. The van der Waals surface area contributed by atoms with Crippen molar-refractivity contribution in [1.29, 1.82) is 0 Å². The number of barbiturate groups is 1. The van der Waals surface area contributed by atoms with Crippen LogP contribution in [0, 0.1) is 5.92 Å². The van der Waals surface area contributed by atoms with Crippen LogP contribution in [-0.4, -0.2) is 42.8 Å². The summed E-state index contributed by atoms with van der Waals surface area (Å²) in [6, 6.07) is -0.784. The quantitative estimate of drug-likeness (QED) is 0.528. The van der Waals surface area contributed by atoms with Gasteiger partial charge in [0.2, 0.25) is 11.8 Å². The van der Waals surface area contributed by atoms with Crippen LogP contribution in [0.3, 0.4) is 0 Å².